The normalized spacial score (nSPS) is 13.1. The summed E-state index contributed by atoms with van der Waals surface area (Å²) in [5, 5.41) is 5.71. The highest BCUT2D eigenvalue weighted by atomic mass is 16.3. The van der Waals surface area contributed by atoms with Crippen LogP contribution in [0.5, 0.6) is 0 Å². The van der Waals surface area contributed by atoms with Crippen LogP contribution in [0.4, 0.5) is 0 Å². The summed E-state index contributed by atoms with van der Waals surface area (Å²) in [5.74, 6) is 1.58. The van der Waals surface area contributed by atoms with E-state index in [4.69, 9.17) is 26.2 Å². The van der Waals surface area contributed by atoms with Gasteiger partial charge >= 0.3 is 0 Å². The van der Waals surface area contributed by atoms with Gasteiger partial charge in [0, 0.05) is 54.7 Å². The summed E-state index contributed by atoms with van der Waals surface area (Å²) in [7, 11) is 0. The predicted molar refractivity (Wildman–Crippen MR) is 232 cm³/mol. The fourth-order valence-electron chi connectivity index (χ4n) is 8.33. The maximum Gasteiger partial charge on any atom is 0.238 e. The van der Waals surface area contributed by atoms with Gasteiger partial charge in [0.1, 0.15) is 11.2 Å². The van der Waals surface area contributed by atoms with Gasteiger partial charge in [-0.15, -0.1) is 0 Å². The quantitative estimate of drug-likeness (QED) is 0.177. The Morgan fingerprint density at radius 1 is 0.421 bits per heavy atom. The van der Waals surface area contributed by atoms with Crippen LogP contribution >= 0.6 is 0 Å². The van der Waals surface area contributed by atoms with Crippen LogP contribution in [0.3, 0.4) is 0 Å². The molecule has 6 heteroatoms. The Balaban J connectivity index is 1.20. The summed E-state index contributed by atoms with van der Waals surface area (Å²) in [6.07, 6.45) is 0. The number of nitrogens with zero attached hydrogens (tertiary/aromatic N) is 5. The summed E-state index contributed by atoms with van der Waals surface area (Å²) in [6, 6.07) is 50.6. The monoisotopic (exact) mass is 734 g/mol. The summed E-state index contributed by atoms with van der Waals surface area (Å²) >= 11 is 0. The molecular weight excluding hydrogens is 699 g/mol. The van der Waals surface area contributed by atoms with Crippen LogP contribution in [0.25, 0.3) is 111 Å². The van der Waals surface area contributed by atoms with Crippen molar-refractivity contribution < 1.29 is 11.3 Å². The molecule has 8 aromatic carbocycles. The van der Waals surface area contributed by atoms with Gasteiger partial charge in [0.05, 0.1) is 28.9 Å². The maximum atomic E-state index is 9.04. The lowest BCUT2D eigenvalue weighted by molar-refractivity contribution is 0.670. The number of hydrogen-bond donors (Lipinski definition) is 0. The third-order valence-corrected chi connectivity index (χ3v) is 10.8. The van der Waals surface area contributed by atoms with Crippen molar-refractivity contribution in [2.45, 2.75) is 0 Å². The fourth-order valence-corrected chi connectivity index (χ4v) is 8.33. The van der Waals surface area contributed by atoms with Crippen molar-refractivity contribution in [1.82, 2.24) is 24.1 Å². The molecule has 0 spiro atoms. The largest absolute Gasteiger partial charge is 0.455 e. The topological polar surface area (TPSA) is 61.7 Å². The molecule has 0 aliphatic carbocycles. The molecule has 0 N–H and O–H groups in total. The van der Waals surface area contributed by atoms with Crippen molar-refractivity contribution in [3.8, 4) is 45.5 Å². The van der Waals surface area contributed by atoms with E-state index in [1.807, 2.05) is 115 Å². The van der Waals surface area contributed by atoms with Crippen LogP contribution in [0.15, 0.2) is 192 Å². The van der Waals surface area contributed by atoms with Crippen LogP contribution in [0.1, 0.15) is 6.85 Å². The van der Waals surface area contributed by atoms with E-state index in [2.05, 4.69) is 51.6 Å². The second-order valence-corrected chi connectivity index (χ2v) is 14.1. The van der Waals surface area contributed by atoms with Gasteiger partial charge in [-0.2, -0.15) is 9.97 Å². The molecule has 0 radical (unpaired) electrons. The zero-order chi connectivity index (χ0) is 41.8. The molecule has 0 bridgehead atoms. The Morgan fingerprint density at radius 3 is 1.65 bits per heavy atom. The molecule has 0 aliphatic heterocycles. The Labute approximate surface area is 333 Å². The number of furan rings is 1. The van der Waals surface area contributed by atoms with E-state index >= 15 is 0 Å². The maximum absolute atomic E-state index is 9.04. The van der Waals surface area contributed by atoms with Crippen LogP contribution < -0.4 is 0 Å². The van der Waals surface area contributed by atoms with Crippen molar-refractivity contribution in [2.24, 2.45) is 0 Å². The average Bonchev–Trinajstić information content (AvgIpc) is 3.97. The van der Waals surface area contributed by atoms with E-state index in [-0.39, 0.29) is 17.6 Å². The van der Waals surface area contributed by atoms with E-state index < -0.39 is 18.1 Å². The summed E-state index contributed by atoms with van der Waals surface area (Å²) in [5.41, 5.74) is 7.66. The highest BCUT2D eigenvalue weighted by Crippen LogP contribution is 2.43. The minimum Gasteiger partial charge on any atom is -0.455 e. The number of rotatable bonds is 5. The summed E-state index contributed by atoms with van der Waals surface area (Å²) < 4.78 is 54.4. The minimum atomic E-state index is -0.451. The first kappa shape index (κ1) is 26.9. The van der Waals surface area contributed by atoms with Gasteiger partial charge in [-0.3, -0.25) is 4.57 Å². The Morgan fingerprint density at radius 2 is 0.982 bits per heavy atom. The molecule has 0 atom stereocenters. The van der Waals surface area contributed by atoms with Gasteiger partial charge in [0.25, 0.3) is 0 Å². The average molecular weight is 735 g/mol. The second-order valence-electron chi connectivity index (χ2n) is 14.1. The molecule has 0 saturated heterocycles. The number of para-hydroxylation sites is 3. The molecule has 6 nitrogen and oxygen atoms in total. The van der Waals surface area contributed by atoms with Crippen LogP contribution in [-0.2, 0) is 0 Å². The van der Waals surface area contributed by atoms with Crippen molar-refractivity contribution >= 4 is 65.6 Å². The molecule has 0 fully saturated rings. The molecule has 4 heterocycles. The molecular formula is C51H31N5O. The highest BCUT2D eigenvalue weighted by Gasteiger charge is 2.22. The zero-order valence-electron chi connectivity index (χ0n) is 35.2. The van der Waals surface area contributed by atoms with Gasteiger partial charge in [-0.1, -0.05) is 145 Å². The lowest BCUT2D eigenvalue weighted by Gasteiger charge is -2.13. The molecule has 266 valence electrons. The van der Waals surface area contributed by atoms with E-state index in [9.17, 15) is 0 Å². The molecule has 12 rings (SSSR count). The molecule has 0 saturated carbocycles. The van der Waals surface area contributed by atoms with E-state index in [0.717, 1.165) is 71.2 Å². The van der Waals surface area contributed by atoms with Crippen LogP contribution in [0.2, 0.25) is 0 Å². The first-order valence-corrected chi connectivity index (χ1v) is 18.7. The van der Waals surface area contributed by atoms with Gasteiger partial charge in [0.2, 0.25) is 5.95 Å². The fraction of sp³-hybridized carbons (Fsp3) is 0. The third-order valence-electron chi connectivity index (χ3n) is 10.8. The van der Waals surface area contributed by atoms with E-state index in [0.29, 0.717) is 34.3 Å². The van der Waals surface area contributed by atoms with Gasteiger partial charge in [0.15, 0.2) is 11.6 Å². The van der Waals surface area contributed by atoms with E-state index in [1.165, 1.54) is 0 Å². The van der Waals surface area contributed by atoms with Gasteiger partial charge in [-0.05, 0) is 48.0 Å². The number of aromatic nitrogens is 5. The summed E-state index contributed by atoms with van der Waals surface area (Å²) in [6.45, 7) is 0. The SMILES string of the molecule is [2H]c1c([2H])c([2H])c(-c2cc(-n3c4ccccc4c4cc5c6ccccc6n(-c6nc(-c7ccccc7)nc(-c7ccccc7)n6)c5cc43)cc3c2oc2ccccc23)c([2H])c1[2H]. The molecule has 0 amide bonds. The lowest BCUT2D eigenvalue weighted by atomic mass is 10.0. The molecule has 12 aromatic rings. The number of fused-ring (bicyclic) bond motifs is 9. The Hall–Kier alpha value is -7.83. The predicted octanol–water partition coefficient (Wildman–Crippen LogP) is 13.0. The van der Waals surface area contributed by atoms with E-state index in [1.54, 1.807) is 0 Å². The molecule has 0 aliphatic rings. The van der Waals surface area contributed by atoms with Gasteiger partial charge in [-0.25, -0.2) is 4.98 Å². The summed E-state index contributed by atoms with van der Waals surface area (Å²) in [4.78, 5) is 15.3. The number of benzene rings is 8. The zero-order valence-corrected chi connectivity index (χ0v) is 30.2. The minimum absolute atomic E-state index is 0.0727. The third kappa shape index (κ3) is 4.87. The van der Waals surface area contributed by atoms with Crippen molar-refractivity contribution in [2.75, 3.05) is 0 Å². The van der Waals surface area contributed by atoms with Crippen LogP contribution in [0, 0.1) is 0 Å². The first-order valence-electron chi connectivity index (χ1n) is 21.2. The van der Waals surface area contributed by atoms with Crippen molar-refractivity contribution in [3.63, 3.8) is 0 Å². The highest BCUT2D eigenvalue weighted by molar-refractivity contribution is 6.19. The molecule has 0 unspecified atom stereocenters. The first-order chi connectivity index (χ1) is 30.3. The van der Waals surface area contributed by atoms with Gasteiger partial charge < -0.3 is 8.98 Å². The molecule has 4 aromatic heterocycles. The second kappa shape index (κ2) is 12.3. The number of hydrogen-bond acceptors (Lipinski definition) is 4. The Kier molecular flexibility index (Phi) is 5.82. The lowest BCUT2D eigenvalue weighted by Crippen LogP contribution is -2.06. The van der Waals surface area contributed by atoms with Crippen molar-refractivity contribution in [3.05, 3.63) is 188 Å². The van der Waals surface area contributed by atoms with Crippen LogP contribution in [-0.4, -0.2) is 24.1 Å². The van der Waals surface area contributed by atoms with Crippen molar-refractivity contribution in [1.29, 1.82) is 0 Å². The smallest absolute Gasteiger partial charge is 0.238 e. The molecule has 57 heavy (non-hydrogen) atoms. The Bertz CT molecular complexity index is 3730. The standard InChI is InChI=1S/C51H31N5O/c1-4-16-32(17-5-1)39-28-35(29-42-38-24-12-15-27-47(38)57-48(39)42)55-43-25-13-10-22-36(43)40-30-41-37-23-11-14-26-44(37)56(46(41)31-45(40)55)51-53-49(33-18-6-2-7-19-33)52-50(54-51)34-20-8-3-9-21-34/h1-31H/i1D,4D,5D,16D,17D.